The highest BCUT2D eigenvalue weighted by molar-refractivity contribution is 7.80. The Labute approximate surface area is 94.8 Å². The Morgan fingerprint density at radius 1 is 1.40 bits per heavy atom. The average Bonchev–Trinajstić information content (AvgIpc) is 2.67. The summed E-state index contributed by atoms with van der Waals surface area (Å²) >= 11 is 5.04. The molecule has 0 aromatic rings. The number of rotatable bonds is 3. The molecule has 2 rings (SSSR count). The number of amides is 2. The molecular weight excluding hydrogens is 212 g/mol. The summed E-state index contributed by atoms with van der Waals surface area (Å²) in [6.07, 6.45) is 2.10. The van der Waals surface area contributed by atoms with E-state index in [4.69, 9.17) is 12.2 Å². The van der Waals surface area contributed by atoms with E-state index in [1.54, 1.807) is 11.9 Å². The Bertz CT molecular complexity index is 296. The molecule has 84 valence electrons. The van der Waals surface area contributed by atoms with E-state index in [1.807, 2.05) is 4.90 Å². The highest BCUT2D eigenvalue weighted by Crippen LogP contribution is 2.21. The first-order chi connectivity index (χ1) is 7.15. The molecule has 5 nitrogen and oxygen atoms in total. The van der Waals surface area contributed by atoms with Gasteiger partial charge in [0.15, 0.2) is 5.11 Å². The maximum Gasteiger partial charge on any atom is 0.323 e. The fourth-order valence-electron chi connectivity index (χ4n) is 2.03. The van der Waals surface area contributed by atoms with Crippen molar-refractivity contribution in [2.45, 2.75) is 32.1 Å². The second kappa shape index (κ2) is 3.84. The second-order valence-corrected chi connectivity index (χ2v) is 4.36. The van der Waals surface area contributed by atoms with Gasteiger partial charge >= 0.3 is 6.03 Å². The van der Waals surface area contributed by atoms with Gasteiger partial charge in [-0.2, -0.15) is 0 Å². The Morgan fingerprint density at radius 2 is 2.07 bits per heavy atom. The van der Waals surface area contributed by atoms with Crippen molar-refractivity contribution in [1.29, 1.82) is 0 Å². The Hall–Kier alpha value is -1.04. The van der Waals surface area contributed by atoms with E-state index in [0.29, 0.717) is 5.11 Å². The zero-order valence-electron chi connectivity index (χ0n) is 8.99. The van der Waals surface area contributed by atoms with Gasteiger partial charge in [-0.3, -0.25) is 0 Å². The van der Waals surface area contributed by atoms with Gasteiger partial charge in [-0.1, -0.05) is 13.3 Å². The Balaban J connectivity index is 2.09. The van der Waals surface area contributed by atoms with E-state index in [1.165, 1.54) is 0 Å². The highest BCUT2D eigenvalue weighted by Gasteiger charge is 2.47. The predicted molar refractivity (Wildman–Crippen MR) is 61.2 cm³/mol. The molecule has 6 heteroatoms. The molecule has 0 radical (unpaired) electrons. The van der Waals surface area contributed by atoms with E-state index in [0.717, 1.165) is 19.4 Å². The molecule has 0 aromatic heterocycles. The normalized spacial score (nSPS) is 29.2. The lowest BCUT2D eigenvalue weighted by Crippen LogP contribution is -2.43. The minimum absolute atomic E-state index is 0.00144. The molecule has 2 aliphatic rings. The van der Waals surface area contributed by atoms with Crippen LogP contribution in [0.3, 0.4) is 0 Å². The van der Waals surface area contributed by atoms with E-state index in [9.17, 15) is 4.79 Å². The van der Waals surface area contributed by atoms with Gasteiger partial charge in [0.2, 0.25) is 0 Å². The zero-order valence-corrected chi connectivity index (χ0v) is 9.80. The monoisotopic (exact) mass is 228 g/mol. The van der Waals surface area contributed by atoms with Crippen molar-refractivity contribution >= 4 is 23.4 Å². The summed E-state index contributed by atoms with van der Waals surface area (Å²) in [4.78, 5) is 15.4. The van der Waals surface area contributed by atoms with E-state index >= 15 is 0 Å². The lowest BCUT2D eigenvalue weighted by Gasteiger charge is -2.21. The third-order valence-corrected chi connectivity index (χ3v) is 3.15. The molecule has 0 saturated carbocycles. The van der Waals surface area contributed by atoms with Crippen molar-refractivity contribution in [3.8, 4) is 0 Å². The minimum Gasteiger partial charge on any atom is -0.339 e. The second-order valence-electron chi connectivity index (χ2n) is 3.95. The van der Waals surface area contributed by atoms with E-state index in [2.05, 4.69) is 17.6 Å². The fourth-order valence-corrected chi connectivity index (χ4v) is 2.27. The predicted octanol–water partition coefficient (Wildman–Crippen LogP) is 0.284. The van der Waals surface area contributed by atoms with Gasteiger partial charge in [0.05, 0.1) is 0 Å². The highest BCUT2D eigenvalue weighted by atomic mass is 32.1. The third kappa shape index (κ3) is 1.62. The molecule has 2 heterocycles. The van der Waals surface area contributed by atoms with Gasteiger partial charge in [0, 0.05) is 13.6 Å². The molecule has 0 bridgehead atoms. The Morgan fingerprint density at radius 3 is 2.73 bits per heavy atom. The van der Waals surface area contributed by atoms with Crippen molar-refractivity contribution in [2.75, 3.05) is 13.6 Å². The van der Waals surface area contributed by atoms with Crippen LogP contribution in [0.1, 0.15) is 19.8 Å². The van der Waals surface area contributed by atoms with Crippen molar-refractivity contribution in [1.82, 2.24) is 20.4 Å². The number of carbonyl (C=O) groups is 1. The summed E-state index contributed by atoms with van der Waals surface area (Å²) in [6.45, 7) is 2.91. The van der Waals surface area contributed by atoms with Crippen LogP contribution < -0.4 is 10.6 Å². The molecule has 2 atom stereocenters. The number of nitrogens with one attached hydrogen (secondary N) is 2. The van der Waals surface area contributed by atoms with Crippen molar-refractivity contribution in [2.24, 2.45) is 0 Å². The Kier molecular flexibility index (Phi) is 2.68. The van der Waals surface area contributed by atoms with Crippen LogP contribution in [0.5, 0.6) is 0 Å². The minimum atomic E-state index is -0.0122. The smallest absolute Gasteiger partial charge is 0.323 e. The summed E-state index contributed by atoms with van der Waals surface area (Å²) in [5.41, 5.74) is 0. The van der Waals surface area contributed by atoms with Gasteiger partial charge in [-0.25, -0.2) is 4.79 Å². The maximum absolute atomic E-state index is 11.9. The van der Waals surface area contributed by atoms with E-state index < -0.39 is 0 Å². The van der Waals surface area contributed by atoms with Crippen molar-refractivity contribution in [3.05, 3.63) is 0 Å². The lowest BCUT2D eigenvalue weighted by molar-refractivity contribution is 0.188. The van der Waals surface area contributed by atoms with Crippen LogP contribution in [0.4, 0.5) is 4.79 Å². The molecule has 0 spiro atoms. The van der Waals surface area contributed by atoms with Gasteiger partial charge in [-0.15, -0.1) is 0 Å². The molecule has 15 heavy (non-hydrogen) atoms. The number of hydrogen-bond acceptors (Lipinski definition) is 2. The van der Waals surface area contributed by atoms with Gasteiger partial charge in [0.25, 0.3) is 0 Å². The average molecular weight is 228 g/mol. The topological polar surface area (TPSA) is 47.6 Å². The van der Waals surface area contributed by atoms with Gasteiger partial charge < -0.3 is 20.4 Å². The van der Waals surface area contributed by atoms with Gasteiger partial charge in [0.1, 0.15) is 12.3 Å². The molecule has 2 aliphatic heterocycles. The summed E-state index contributed by atoms with van der Waals surface area (Å²) in [5, 5.41) is 6.84. The number of likely N-dealkylation sites (N-methyl/N-ethyl adjacent to an activating group) is 1. The SMILES string of the molecule is CCCCN1C(=O)N(C)[C@@H]2NC(=S)N[C@H]21. The van der Waals surface area contributed by atoms with Crippen LogP contribution in [-0.2, 0) is 0 Å². The number of unbranched alkanes of at least 4 members (excludes halogenated alkanes) is 1. The van der Waals surface area contributed by atoms with Crippen LogP contribution in [0.25, 0.3) is 0 Å². The van der Waals surface area contributed by atoms with E-state index in [-0.39, 0.29) is 18.4 Å². The van der Waals surface area contributed by atoms with Crippen LogP contribution in [-0.4, -0.2) is 46.9 Å². The van der Waals surface area contributed by atoms with Crippen LogP contribution in [0.2, 0.25) is 0 Å². The van der Waals surface area contributed by atoms with Crippen LogP contribution in [0, 0.1) is 0 Å². The zero-order chi connectivity index (χ0) is 11.0. The third-order valence-electron chi connectivity index (χ3n) is 2.91. The van der Waals surface area contributed by atoms with Crippen LogP contribution >= 0.6 is 12.2 Å². The first kappa shape index (κ1) is 10.5. The lowest BCUT2D eigenvalue weighted by atomic mass is 10.3. The van der Waals surface area contributed by atoms with Gasteiger partial charge in [-0.05, 0) is 18.6 Å². The molecule has 2 fully saturated rings. The summed E-state index contributed by atoms with van der Waals surface area (Å²) in [7, 11) is 1.80. The van der Waals surface area contributed by atoms with Crippen molar-refractivity contribution in [3.63, 3.8) is 0 Å². The maximum atomic E-state index is 11.9. The standard InChI is InChI=1S/C9H16N4OS/c1-3-4-5-13-7-6(10-8(15)11-7)12(2)9(13)14/h6-7H,3-5H2,1-2H3,(H2,10,11,15)/t6-,7-/m0/s1. The number of nitrogens with zero attached hydrogens (tertiary/aromatic N) is 2. The molecular formula is C9H16N4OS. The summed E-state index contributed by atoms with van der Waals surface area (Å²) in [6, 6.07) is 0.0703. The summed E-state index contributed by atoms with van der Waals surface area (Å²) in [5.74, 6) is 0. The molecule has 0 aromatic carbocycles. The number of carbonyl (C=O) groups excluding carboxylic acids is 1. The first-order valence-electron chi connectivity index (χ1n) is 5.25. The number of thiocarbonyl (C=S) groups is 1. The van der Waals surface area contributed by atoms with Crippen molar-refractivity contribution < 1.29 is 4.79 Å². The molecule has 0 aliphatic carbocycles. The largest absolute Gasteiger partial charge is 0.339 e. The molecule has 2 N–H and O–H groups in total. The first-order valence-corrected chi connectivity index (χ1v) is 5.66. The summed E-state index contributed by atoms with van der Waals surface area (Å²) < 4.78 is 0. The number of hydrogen-bond donors (Lipinski definition) is 2. The number of urea groups is 1. The number of fused-ring (bicyclic) bond motifs is 1. The fraction of sp³-hybridized carbons (Fsp3) is 0.778. The molecule has 2 saturated heterocycles. The van der Waals surface area contributed by atoms with Crippen LogP contribution in [0.15, 0.2) is 0 Å². The molecule has 0 unspecified atom stereocenters. The molecule has 2 amide bonds. The quantitative estimate of drug-likeness (QED) is 0.681.